The summed E-state index contributed by atoms with van der Waals surface area (Å²) in [5.74, 6) is 1.39. The molecular formula is C21H24. The first kappa shape index (κ1) is 13.1. The lowest BCUT2D eigenvalue weighted by Crippen LogP contribution is -2.15. The van der Waals surface area contributed by atoms with Crippen LogP contribution in [0.25, 0.3) is 10.8 Å². The van der Waals surface area contributed by atoms with Crippen molar-refractivity contribution >= 4 is 10.8 Å². The fourth-order valence-electron chi connectivity index (χ4n) is 4.66. The van der Waals surface area contributed by atoms with E-state index in [0.29, 0.717) is 11.8 Å². The van der Waals surface area contributed by atoms with Gasteiger partial charge in [-0.05, 0) is 72.8 Å². The Bertz CT molecular complexity index is 715. The minimum Gasteiger partial charge on any atom is -0.0738 e. The molecule has 2 aliphatic carbocycles. The Morgan fingerprint density at radius 1 is 1.00 bits per heavy atom. The number of benzene rings is 2. The van der Waals surface area contributed by atoms with Crippen LogP contribution in [0.4, 0.5) is 0 Å². The molecule has 0 amide bonds. The standard InChI is InChI=1S/C21H24/c1-14-7-3-4-11-18(14)15(2)20-13-17-10-5-8-16-9-6-12-19(20)21(16)17/h5-6,8-10,12,15,20H,3-4,7,11,13H2,1-2H3. The van der Waals surface area contributed by atoms with Crippen molar-refractivity contribution in [2.24, 2.45) is 5.92 Å². The van der Waals surface area contributed by atoms with Crippen LogP contribution >= 0.6 is 0 Å². The second-order valence-electron chi connectivity index (χ2n) is 6.97. The van der Waals surface area contributed by atoms with Gasteiger partial charge in [0, 0.05) is 0 Å². The molecule has 0 heteroatoms. The highest BCUT2D eigenvalue weighted by atomic mass is 14.3. The highest BCUT2D eigenvalue weighted by molar-refractivity contribution is 5.91. The van der Waals surface area contributed by atoms with E-state index in [0.717, 1.165) is 0 Å². The van der Waals surface area contributed by atoms with Gasteiger partial charge >= 0.3 is 0 Å². The van der Waals surface area contributed by atoms with Gasteiger partial charge in [-0.1, -0.05) is 54.5 Å². The maximum atomic E-state index is 2.47. The maximum Gasteiger partial charge on any atom is -0.00520 e. The lowest BCUT2D eigenvalue weighted by Gasteiger charge is -2.28. The van der Waals surface area contributed by atoms with Gasteiger partial charge in [-0.3, -0.25) is 0 Å². The van der Waals surface area contributed by atoms with Gasteiger partial charge in [0.1, 0.15) is 0 Å². The molecule has 0 saturated heterocycles. The van der Waals surface area contributed by atoms with Gasteiger partial charge in [0.25, 0.3) is 0 Å². The Kier molecular flexibility index (Phi) is 3.14. The SMILES string of the molecule is CC1=C(C(C)C2Cc3cccc4cccc2c34)CCCC1. The third kappa shape index (κ3) is 2.04. The summed E-state index contributed by atoms with van der Waals surface area (Å²) in [4.78, 5) is 0. The van der Waals surface area contributed by atoms with Gasteiger partial charge in [0.05, 0.1) is 0 Å². The molecule has 0 N–H and O–H groups in total. The molecule has 21 heavy (non-hydrogen) atoms. The van der Waals surface area contributed by atoms with E-state index in [9.17, 15) is 0 Å². The Labute approximate surface area is 127 Å². The van der Waals surface area contributed by atoms with E-state index in [-0.39, 0.29) is 0 Å². The molecule has 2 aromatic rings. The Morgan fingerprint density at radius 2 is 1.76 bits per heavy atom. The van der Waals surface area contributed by atoms with Crippen LogP contribution in [0.15, 0.2) is 47.5 Å². The Hall–Kier alpha value is -1.56. The highest BCUT2D eigenvalue weighted by Crippen LogP contribution is 2.46. The zero-order chi connectivity index (χ0) is 14.4. The topological polar surface area (TPSA) is 0 Å². The molecule has 0 spiro atoms. The van der Waals surface area contributed by atoms with Gasteiger partial charge in [0.2, 0.25) is 0 Å². The van der Waals surface area contributed by atoms with Crippen LogP contribution in [-0.4, -0.2) is 0 Å². The molecule has 0 aliphatic heterocycles. The summed E-state index contributed by atoms with van der Waals surface area (Å²) in [7, 11) is 0. The van der Waals surface area contributed by atoms with Gasteiger partial charge < -0.3 is 0 Å². The van der Waals surface area contributed by atoms with Crippen molar-refractivity contribution < 1.29 is 0 Å². The zero-order valence-electron chi connectivity index (χ0n) is 13.2. The van der Waals surface area contributed by atoms with Gasteiger partial charge in [0.15, 0.2) is 0 Å². The summed E-state index contributed by atoms with van der Waals surface area (Å²) in [5, 5.41) is 2.97. The minimum atomic E-state index is 0.689. The quantitative estimate of drug-likeness (QED) is 0.589. The number of rotatable bonds is 2. The second-order valence-corrected chi connectivity index (χ2v) is 6.97. The molecule has 0 nitrogen and oxygen atoms in total. The van der Waals surface area contributed by atoms with Crippen molar-refractivity contribution in [1.82, 2.24) is 0 Å². The van der Waals surface area contributed by atoms with E-state index in [4.69, 9.17) is 0 Å². The monoisotopic (exact) mass is 276 g/mol. The molecule has 108 valence electrons. The average Bonchev–Trinajstić information content (AvgIpc) is 2.89. The normalized spacial score (nSPS) is 22.9. The van der Waals surface area contributed by atoms with E-state index in [1.165, 1.54) is 37.5 Å². The first-order chi connectivity index (χ1) is 10.3. The summed E-state index contributed by atoms with van der Waals surface area (Å²) in [6.45, 7) is 4.84. The third-order valence-corrected chi connectivity index (χ3v) is 5.81. The molecule has 0 heterocycles. The fourth-order valence-corrected chi connectivity index (χ4v) is 4.66. The number of allylic oxidation sites excluding steroid dienone is 2. The van der Waals surface area contributed by atoms with Crippen LogP contribution in [0.3, 0.4) is 0 Å². The molecule has 0 aromatic heterocycles. The third-order valence-electron chi connectivity index (χ3n) is 5.81. The molecular weight excluding hydrogens is 252 g/mol. The molecule has 2 atom stereocenters. The van der Waals surface area contributed by atoms with Crippen LogP contribution < -0.4 is 0 Å². The number of hydrogen-bond acceptors (Lipinski definition) is 0. The van der Waals surface area contributed by atoms with Crippen molar-refractivity contribution in [3.05, 3.63) is 58.7 Å². The van der Waals surface area contributed by atoms with Crippen molar-refractivity contribution in [3.8, 4) is 0 Å². The minimum absolute atomic E-state index is 0.689. The average molecular weight is 276 g/mol. The summed E-state index contributed by atoms with van der Waals surface area (Å²) in [6.07, 6.45) is 6.66. The maximum absolute atomic E-state index is 2.47. The lowest BCUT2D eigenvalue weighted by molar-refractivity contribution is 0.487. The van der Waals surface area contributed by atoms with Crippen molar-refractivity contribution in [2.45, 2.75) is 51.9 Å². The van der Waals surface area contributed by atoms with E-state index in [2.05, 4.69) is 50.2 Å². The fraction of sp³-hybridized carbons (Fsp3) is 0.429. The van der Waals surface area contributed by atoms with E-state index in [1.54, 1.807) is 27.7 Å². The van der Waals surface area contributed by atoms with Crippen molar-refractivity contribution in [2.75, 3.05) is 0 Å². The summed E-state index contributed by atoms with van der Waals surface area (Å²) in [5.41, 5.74) is 6.60. The van der Waals surface area contributed by atoms with Crippen LogP contribution in [0.1, 0.15) is 56.6 Å². The molecule has 2 unspecified atom stereocenters. The summed E-state index contributed by atoms with van der Waals surface area (Å²) < 4.78 is 0. The van der Waals surface area contributed by atoms with Gasteiger partial charge in [-0.2, -0.15) is 0 Å². The zero-order valence-corrected chi connectivity index (χ0v) is 13.2. The van der Waals surface area contributed by atoms with E-state index >= 15 is 0 Å². The lowest BCUT2D eigenvalue weighted by atomic mass is 9.76. The predicted octanol–water partition coefficient (Wildman–Crippen LogP) is 6.01. The van der Waals surface area contributed by atoms with Crippen LogP contribution in [0.2, 0.25) is 0 Å². The predicted molar refractivity (Wildman–Crippen MR) is 90.7 cm³/mol. The molecule has 0 bridgehead atoms. The van der Waals surface area contributed by atoms with Gasteiger partial charge in [-0.25, -0.2) is 0 Å². The molecule has 4 rings (SSSR count). The largest absolute Gasteiger partial charge is 0.0738 e. The first-order valence-corrected chi connectivity index (χ1v) is 8.44. The molecule has 2 aromatic carbocycles. The van der Waals surface area contributed by atoms with Crippen LogP contribution in [0.5, 0.6) is 0 Å². The Morgan fingerprint density at radius 3 is 2.57 bits per heavy atom. The molecule has 0 fully saturated rings. The first-order valence-electron chi connectivity index (χ1n) is 8.44. The molecule has 0 radical (unpaired) electrons. The van der Waals surface area contributed by atoms with Crippen LogP contribution in [0, 0.1) is 5.92 Å². The number of hydrogen-bond donors (Lipinski definition) is 0. The molecule has 2 aliphatic rings. The highest BCUT2D eigenvalue weighted by Gasteiger charge is 2.31. The van der Waals surface area contributed by atoms with Crippen LogP contribution in [-0.2, 0) is 6.42 Å². The molecule has 0 saturated carbocycles. The van der Waals surface area contributed by atoms with Crippen molar-refractivity contribution in [1.29, 1.82) is 0 Å². The van der Waals surface area contributed by atoms with E-state index in [1.807, 2.05) is 0 Å². The van der Waals surface area contributed by atoms with Gasteiger partial charge in [-0.15, -0.1) is 0 Å². The summed E-state index contributed by atoms with van der Waals surface area (Å²) >= 11 is 0. The van der Waals surface area contributed by atoms with E-state index < -0.39 is 0 Å². The summed E-state index contributed by atoms with van der Waals surface area (Å²) in [6, 6.07) is 13.7. The smallest absolute Gasteiger partial charge is 0.00520 e. The van der Waals surface area contributed by atoms with Crippen molar-refractivity contribution in [3.63, 3.8) is 0 Å². The second kappa shape index (κ2) is 5.02. The Balaban J connectivity index is 1.78.